The molecule has 0 unspecified atom stereocenters. The number of aromatic nitrogens is 2. The first-order valence-corrected chi connectivity index (χ1v) is 7.09. The van der Waals surface area contributed by atoms with Crippen LogP contribution in [0.3, 0.4) is 0 Å². The number of nitrogens with zero attached hydrogens (tertiary/aromatic N) is 2. The van der Waals surface area contributed by atoms with E-state index in [1.807, 2.05) is 6.26 Å². The SMILES string of the molecule is CSCCCn1ccc(=O)n(CCCN)c1=O. The molecule has 0 aliphatic heterocycles. The second-order valence-corrected chi connectivity index (χ2v) is 4.76. The molecule has 0 saturated heterocycles. The van der Waals surface area contributed by atoms with E-state index in [9.17, 15) is 9.59 Å². The summed E-state index contributed by atoms with van der Waals surface area (Å²) in [7, 11) is 0. The van der Waals surface area contributed by atoms with E-state index in [2.05, 4.69) is 0 Å². The summed E-state index contributed by atoms with van der Waals surface area (Å²) < 4.78 is 2.85. The largest absolute Gasteiger partial charge is 0.330 e. The molecule has 6 heteroatoms. The van der Waals surface area contributed by atoms with Crippen molar-refractivity contribution in [1.82, 2.24) is 9.13 Å². The van der Waals surface area contributed by atoms with Crippen molar-refractivity contribution >= 4 is 11.8 Å². The van der Waals surface area contributed by atoms with Crippen molar-refractivity contribution in [2.24, 2.45) is 5.73 Å². The Morgan fingerprint density at radius 2 is 2.06 bits per heavy atom. The molecule has 1 aromatic rings. The van der Waals surface area contributed by atoms with Crippen LogP contribution in [0, 0.1) is 0 Å². The Balaban J connectivity index is 2.86. The van der Waals surface area contributed by atoms with Gasteiger partial charge in [-0.25, -0.2) is 4.79 Å². The van der Waals surface area contributed by atoms with Crippen LogP contribution in [0.25, 0.3) is 0 Å². The minimum atomic E-state index is -0.246. The Morgan fingerprint density at radius 1 is 1.29 bits per heavy atom. The van der Waals surface area contributed by atoms with Crippen LogP contribution in [-0.4, -0.2) is 27.7 Å². The van der Waals surface area contributed by atoms with Gasteiger partial charge in [-0.05, 0) is 31.4 Å². The molecule has 0 fully saturated rings. The second-order valence-electron chi connectivity index (χ2n) is 3.77. The third kappa shape index (κ3) is 4.05. The van der Waals surface area contributed by atoms with Gasteiger partial charge in [0.25, 0.3) is 5.56 Å². The molecule has 0 aliphatic carbocycles. The molecule has 0 bridgehead atoms. The number of hydrogen-bond donors (Lipinski definition) is 1. The highest BCUT2D eigenvalue weighted by atomic mass is 32.2. The predicted octanol–water partition coefficient (Wildman–Crippen LogP) is 0.112. The summed E-state index contributed by atoms with van der Waals surface area (Å²) >= 11 is 1.75. The van der Waals surface area contributed by atoms with Crippen LogP contribution in [0.5, 0.6) is 0 Å². The molecule has 1 rings (SSSR count). The van der Waals surface area contributed by atoms with E-state index in [1.165, 1.54) is 10.6 Å². The van der Waals surface area contributed by atoms with E-state index >= 15 is 0 Å². The van der Waals surface area contributed by atoms with E-state index < -0.39 is 0 Å². The maximum Gasteiger partial charge on any atom is 0.330 e. The predicted molar refractivity (Wildman–Crippen MR) is 71.6 cm³/mol. The molecule has 0 atom stereocenters. The highest BCUT2D eigenvalue weighted by molar-refractivity contribution is 7.98. The van der Waals surface area contributed by atoms with Crippen molar-refractivity contribution in [2.45, 2.75) is 25.9 Å². The van der Waals surface area contributed by atoms with Gasteiger partial charge in [0, 0.05) is 25.4 Å². The number of aryl methyl sites for hydroxylation is 1. The zero-order chi connectivity index (χ0) is 12.7. The third-order valence-electron chi connectivity index (χ3n) is 2.47. The van der Waals surface area contributed by atoms with Gasteiger partial charge in [-0.3, -0.25) is 9.36 Å². The summed E-state index contributed by atoms with van der Waals surface area (Å²) in [6.07, 6.45) is 5.18. The van der Waals surface area contributed by atoms with Crippen LogP contribution in [-0.2, 0) is 13.1 Å². The molecule has 0 radical (unpaired) electrons. The van der Waals surface area contributed by atoms with Crippen LogP contribution < -0.4 is 17.0 Å². The van der Waals surface area contributed by atoms with Crippen LogP contribution in [0.2, 0.25) is 0 Å². The third-order valence-corrected chi connectivity index (χ3v) is 3.17. The number of rotatable bonds is 7. The molecule has 17 heavy (non-hydrogen) atoms. The van der Waals surface area contributed by atoms with Crippen LogP contribution in [0.15, 0.2) is 21.9 Å². The first-order valence-electron chi connectivity index (χ1n) is 5.70. The molecule has 96 valence electrons. The molecule has 0 amide bonds. The maximum atomic E-state index is 12.0. The standard InChI is InChI=1S/C11H19N3O2S/c1-17-9-3-6-13-8-4-10(15)14(11(13)16)7-2-5-12/h4,8H,2-3,5-7,9,12H2,1H3. The molecule has 0 saturated carbocycles. The highest BCUT2D eigenvalue weighted by Gasteiger charge is 2.04. The van der Waals surface area contributed by atoms with Crippen LogP contribution in [0.4, 0.5) is 0 Å². The van der Waals surface area contributed by atoms with E-state index in [1.54, 1.807) is 22.5 Å². The lowest BCUT2D eigenvalue weighted by Crippen LogP contribution is -2.39. The van der Waals surface area contributed by atoms with Crippen LogP contribution in [0.1, 0.15) is 12.8 Å². The van der Waals surface area contributed by atoms with Crippen molar-refractivity contribution < 1.29 is 0 Å². The van der Waals surface area contributed by atoms with Crippen molar-refractivity contribution in [3.63, 3.8) is 0 Å². The molecule has 1 heterocycles. The van der Waals surface area contributed by atoms with E-state index in [0.717, 1.165) is 12.2 Å². The number of nitrogens with two attached hydrogens (primary N) is 1. The van der Waals surface area contributed by atoms with Gasteiger partial charge in [0.15, 0.2) is 0 Å². The summed E-state index contributed by atoms with van der Waals surface area (Å²) in [5.41, 5.74) is 4.91. The molecule has 0 spiro atoms. The topological polar surface area (TPSA) is 70.0 Å². The summed E-state index contributed by atoms with van der Waals surface area (Å²) in [4.78, 5) is 23.5. The van der Waals surface area contributed by atoms with Gasteiger partial charge in [0.05, 0.1) is 0 Å². The maximum absolute atomic E-state index is 12.0. The molecule has 2 N–H and O–H groups in total. The van der Waals surface area contributed by atoms with Crippen LogP contribution >= 0.6 is 11.8 Å². The Labute approximate surface area is 105 Å². The van der Waals surface area contributed by atoms with Gasteiger partial charge >= 0.3 is 5.69 Å². The Hall–Kier alpha value is -1.01. The first kappa shape index (κ1) is 14.1. The van der Waals surface area contributed by atoms with E-state index in [-0.39, 0.29) is 11.2 Å². The van der Waals surface area contributed by atoms with Gasteiger partial charge in [-0.2, -0.15) is 11.8 Å². The average Bonchev–Trinajstić information content (AvgIpc) is 2.32. The zero-order valence-electron chi connectivity index (χ0n) is 10.1. The summed E-state index contributed by atoms with van der Waals surface area (Å²) in [6.45, 7) is 1.54. The fourth-order valence-corrected chi connectivity index (χ4v) is 1.98. The molecule has 0 aliphatic rings. The molecule has 5 nitrogen and oxygen atoms in total. The summed E-state index contributed by atoms with van der Waals surface area (Å²) in [6, 6.07) is 1.44. The fraction of sp³-hybridized carbons (Fsp3) is 0.636. The quantitative estimate of drug-likeness (QED) is 0.704. The molecular formula is C11H19N3O2S. The van der Waals surface area contributed by atoms with Gasteiger partial charge in [-0.1, -0.05) is 0 Å². The normalized spacial score (nSPS) is 10.7. The molecule has 0 aromatic carbocycles. The van der Waals surface area contributed by atoms with Gasteiger partial charge in [-0.15, -0.1) is 0 Å². The van der Waals surface area contributed by atoms with Crippen molar-refractivity contribution in [2.75, 3.05) is 18.6 Å². The lowest BCUT2D eigenvalue weighted by Gasteiger charge is -2.08. The van der Waals surface area contributed by atoms with E-state index in [0.29, 0.717) is 26.1 Å². The van der Waals surface area contributed by atoms with Crippen molar-refractivity contribution in [3.8, 4) is 0 Å². The van der Waals surface area contributed by atoms with Gasteiger partial charge < -0.3 is 10.3 Å². The first-order chi connectivity index (χ1) is 8.20. The van der Waals surface area contributed by atoms with Gasteiger partial charge in [0.2, 0.25) is 0 Å². The minimum absolute atomic E-state index is 0.230. The molecule has 1 aromatic heterocycles. The number of hydrogen-bond acceptors (Lipinski definition) is 4. The Morgan fingerprint density at radius 3 is 2.71 bits per heavy atom. The van der Waals surface area contributed by atoms with Crippen molar-refractivity contribution in [1.29, 1.82) is 0 Å². The fourth-order valence-electron chi connectivity index (χ4n) is 1.56. The monoisotopic (exact) mass is 257 g/mol. The zero-order valence-corrected chi connectivity index (χ0v) is 10.9. The van der Waals surface area contributed by atoms with Gasteiger partial charge in [0.1, 0.15) is 0 Å². The number of thioether (sulfide) groups is 1. The summed E-state index contributed by atoms with van der Waals surface area (Å²) in [5.74, 6) is 1.01. The second kappa shape index (κ2) is 7.34. The molecular weight excluding hydrogens is 238 g/mol. The lowest BCUT2D eigenvalue weighted by atomic mass is 10.4. The highest BCUT2D eigenvalue weighted by Crippen LogP contribution is 1.96. The van der Waals surface area contributed by atoms with E-state index in [4.69, 9.17) is 5.73 Å². The minimum Gasteiger partial charge on any atom is -0.330 e. The Kier molecular flexibility index (Phi) is 6.07. The smallest absolute Gasteiger partial charge is 0.330 e. The van der Waals surface area contributed by atoms with Crippen molar-refractivity contribution in [3.05, 3.63) is 33.1 Å². The average molecular weight is 257 g/mol. The Bertz CT molecular complexity index is 453. The lowest BCUT2D eigenvalue weighted by molar-refractivity contribution is 0.534. The summed E-state index contributed by atoms with van der Waals surface area (Å²) in [5, 5.41) is 0.